The number of aryl methyl sites for hydroxylation is 1. The van der Waals surface area contributed by atoms with Crippen LogP contribution in [0.5, 0.6) is 0 Å². The Labute approximate surface area is 189 Å². The lowest BCUT2D eigenvalue weighted by molar-refractivity contribution is 0.0697. The zero-order valence-corrected chi connectivity index (χ0v) is 18.5. The van der Waals surface area contributed by atoms with Gasteiger partial charge >= 0.3 is 5.97 Å². The van der Waals surface area contributed by atoms with Crippen LogP contribution in [0, 0.1) is 6.92 Å². The van der Waals surface area contributed by atoms with Gasteiger partial charge in [-0.2, -0.15) is 0 Å². The van der Waals surface area contributed by atoms with Gasteiger partial charge in [-0.15, -0.1) is 11.3 Å². The van der Waals surface area contributed by atoms with Gasteiger partial charge in [-0.25, -0.2) is 4.79 Å². The van der Waals surface area contributed by atoms with Crippen molar-refractivity contribution in [1.29, 1.82) is 0 Å². The molecule has 1 aliphatic rings. The maximum absolute atomic E-state index is 12.3. The number of carboxylic acids is 1. The summed E-state index contributed by atoms with van der Waals surface area (Å²) in [5.41, 5.74) is 3.57. The molecular formula is C23H22ClN3O3S. The molecule has 4 rings (SSSR count). The molecule has 2 N–H and O–H groups in total. The van der Waals surface area contributed by atoms with Crippen LogP contribution in [0.15, 0.2) is 53.9 Å². The largest absolute Gasteiger partial charge is 0.478 e. The Balaban J connectivity index is 1.50. The molecule has 3 aromatic rings. The van der Waals surface area contributed by atoms with Crippen LogP contribution in [0.25, 0.3) is 0 Å². The number of hydrogen-bond acceptors (Lipinski definition) is 5. The van der Waals surface area contributed by atoms with E-state index in [1.807, 2.05) is 23.6 Å². The topological polar surface area (TPSA) is 72.9 Å². The Hall–Kier alpha value is -3.03. The van der Waals surface area contributed by atoms with Crippen LogP contribution >= 0.6 is 22.9 Å². The van der Waals surface area contributed by atoms with E-state index >= 15 is 0 Å². The van der Waals surface area contributed by atoms with Crippen molar-refractivity contribution in [2.75, 3.05) is 41.3 Å². The Morgan fingerprint density at radius 3 is 2.35 bits per heavy atom. The van der Waals surface area contributed by atoms with Gasteiger partial charge in [0.25, 0.3) is 5.91 Å². The van der Waals surface area contributed by atoms with Crippen molar-refractivity contribution in [2.24, 2.45) is 0 Å². The zero-order valence-electron chi connectivity index (χ0n) is 17.0. The second kappa shape index (κ2) is 8.99. The minimum Gasteiger partial charge on any atom is -0.478 e. The average Bonchev–Trinajstić information content (AvgIpc) is 3.31. The highest BCUT2D eigenvalue weighted by Gasteiger charge is 2.23. The minimum atomic E-state index is -1.02. The molecule has 0 atom stereocenters. The predicted octanol–water partition coefficient (Wildman–Crippen LogP) is 4.99. The highest BCUT2D eigenvalue weighted by atomic mass is 35.5. The molecule has 0 radical (unpaired) electrons. The molecule has 31 heavy (non-hydrogen) atoms. The van der Waals surface area contributed by atoms with Crippen LogP contribution < -0.4 is 15.1 Å². The molecule has 0 bridgehead atoms. The standard InChI is InChI=1S/C23H22ClN3O3S/c1-15-4-5-16(24)13-20(15)27-10-8-26(9-11-27)19-7-6-17(14-18(19)23(29)30)25-22(28)21-3-2-12-31-21/h2-7,12-14H,8-11H2,1H3,(H,25,28)(H,29,30). The summed E-state index contributed by atoms with van der Waals surface area (Å²) in [7, 11) is 0. The van der Waals surface area contributed by atoms with E-state index in [0.717, 1.165) is 24.3 Å². The summed E-state index contributed by atoms with van der Waals surface area (Å²) in [5, 5.41) is 15.1. The van der Waals surface area contributed by atoms with Gasteiger partial charge in [0.05, 0.1) is 16.1 Å². The Kier molecular flexibility index (Phi) is 6.15. The van der Waals surface area contributed by atoms with E-state index in [2.05, 4.69) is 22.0 Å². The number of nitrogens with one attached hydrogen (secondary N) is 1. The van der Waals surface area contributed by atoms with E-state index in [9.17, 15) is 14.7 Å². The number of nitrogens with zero attached hydrogens (tertiary/aromatic N) is 2. The Morgan fingerprint density at radius 2 is 1.71 bits per heavy atom. The van der Waals surface area contributed by atoms with Crippen molar-refractivity contribution in [1.82, 2.24) is 0 Å². The smallest absolute Gasteiger partial charge is 0.337 e. The minimum absolute atomic E-state index is 0.177. The lowest BCUT2D eigenvalue weighted by atomic mass is 10.1. The van der Waals surface area contributed by atoms with Gasteiger partial charge in [-0.3, -0.25) is 4.79 Å². The van der Waals surface area contributed by atoms with E-state index in [-0.39, 0.29) is 11.5 Å². The van der Waals surface area contributed by atoms with Crippen LogP contribution in [0.4, 0.5) is 17.1 Å². The molecule has 0 spiro atoms. The van der Waals surface area contributed by atoms with Crippen molar-refractivity contribution in [3.63, 3.8) is 0 Å². The van der Waals surface area contributed by atoms with E-state index in [1.54, 1.807) is 24.3 Å². The van der Waals surface area contributed by atoms with Gasteiger partial charge < -0.3 is 20.2 Å². The molecule has 0 saturated carbocycles. The number of aromatic carboxylic acids is 1. The quantitative estimate of drug-likeness (QED) is 0.567. The number of hydrogen-bond donors (Lipinski definition) is 2. The second-order valence-corrected chi connectivity index (χ2v) is 8.76. The van der Waals surface area contributed by atoms with E-state index in [4.69, 9.17) is 11.6 Å². The number of halogens is 1. The summed E-state index contributed by atoms with van der Waals surface area (Å²) in [4.78, 5) is 29.2. The molecule has 1 fully saturated rings. The maximum Gasteiger partial charge on any atom is 0.337 e. The third kappa shape index (κ3) is 4.68. The number of thiophene rings is 1. The van der Waals surface area contributed by atoms with Crippen LogP contribution in [-0.2, 0) is 0 Å². The summed E-state index contributed by atoms with van der Waals surface area (Å²) < 4.78 is 0. The molecule has 8 heteroatoms. The number of rotatable bonds is 5. The summed E-state index contributed by atoms with van der Waals surface area (Å²) in [5.74, 6) is -1.26. The highest BCUT2D eigenvalue weighted by molar-refractivity contribution is 7.12. The summed E-state index contributed by atoms with van der Waals surface area (Å²) in [6, 6.07) is 14.4. The number of carboxylic acid groups (broad SMARTS) is 1. The molecule has 1 saturated heterocycles. The molecule has 0 unspecified atom stereocenters. The number of anilines is 3. The summed E-state index contributed by atoms with van der Waals surface area (Å²) >= 11 is 7.51. The number of carbonyl (C=O) groups excluding carboxylic acids is 1. The zero-order chi connectivity index (χ0) is 22.0. The third-order valence-electron chi connectivity index (χ3n) is 5.36. The van der Waals surface area contributed by atoms with E-state index in [1.165, 1.54) is 17.4 Å². The van der Waals surface area contributed by atoms with Gasteiger partial charge in [0.15, 0.2) is 0 Å². The first-order valence-electron chi connectivity index (χ1n) is 9.90. The van der Waals surface area contributed by atoms with Gasteiger partial charge in [-0.05, 0) is 54.3 Å². The molecule has 2 heterocycles. The van der Waals surface area contributed by atoms with Crippen molar-refractivity contribution in [3.05, 3.63) is 74.9 Å². The van der Waals surface area contributed by atoms with Crippen molar-refractivity contribution in [2.45, 2.75) is 6.92 Å². The predicted molar refractivity (Wildman–Crippen MR) is 126 cm³/mol. The van der Waals surface area contributed by atoms with E-state index < -0.39 is 5.97 Å². The normalized spacial score (nSPS) is 13.9. The molecule has 1 amide bonds. The van der Waals surface area contributed by atoms with Gasteiger partial charge in [0.2, 0.25) is 0 Å². The van der Waals surface area contributed by atoms with Crippen LogP contribution in [0.3, 0.4) is 0 Å². The van der Waals surface area contributed by atoms with Crippen LogP contribution in [0.2, 0.25) is 5.02 Å². The summed E-state index contributed by atoms with van der Waals surface area (Å²) in [6.45, 7) is 4.96. The number of amides is 1. The molecule has 6 nitrogen and oxygen atoms in total. The fourth-order valence-corrected chi connectivity index (χ4v) is 4.56. The second-order valence-electron chi connectivity index (χ2n) is 7.37. The van der Waals surface area contributed by atoms with Gasteiger partial charge in [0, 0.05) is 42.6 Å². The SMILES string of the molecule is Cc1ccc(Cl)cc1N1CCN(c2ccc(NC(=O)c3cccs3)cc2C(=O)O)CC1. The fraction of sp³-hybridized carbons (Fsp3) is 0.217. The molecular weight excluding hydrogens is 434 g/mol. The van der Waals surface area contributed by atoms with Gasteiger partial charge in [0.1, 0.15) is 0 Å². The highest BCUT2D eigenvalue weighted by Crippen LogP contribution is 2.29. The molecule has 2 aromatic carbocycles. The molecule has 1 aliphatic heterocycles. The number of piperazine rings is 1. The Morgan fingerprint density at radius 1 is 1.00 bits per heavy atom. The first-order valence-corrected chi connectivity index (χ1v) is 11.2. The Bertz CT molecular complexity index is 1110. The molecule has 160 valence electrons. The molecule has 1 aromatic heterocycles. The lowest BCUT2D eigenvalue weighted by Crippen LogP contribution is -2.47. The maximum atomic E-state index is 12.3. The van der Waals surface area contributed by atoms with Gasteiger partial charge in [-0.1, -0.05) is 23.7 Å². The number of benzene rings is 2. The monoisotopic (exact) mass is 455 g/mol. The van der Waals surface area contributed by atoms with Crippen molar-refractivity contribution in [3.8, 4) is 0 Å². The van der Waals surface area contributed by atoms with Crippen LogP contribution in [0.1, 0.15) is 25.6 Å². The first-order chi connectivity index (χ1) is 14.9. The lowest BCUT2D eigenvalue weighted by Gasteiger charge is -2.38. The fourth-order valence-electron chi connectivity index (χ4n) is 3.77. The van der Waals surface area contributed by atoms with Crippen molar-refractivity contribution < 1.29 is 14.7 Å². The first kappa shape index (κ1) is 21.2. The third-order valence-corrected chi connectivity index (χ3v) is 6.47. The van der Waals surface area contributed by atoms with E-state index in [0.29, 0.717) is 34.4 Å². The number of carbonyl (C=O) groups is 2. The average molecular weight is 456 g/mol. The molecule has 0 aliphatic carbocycles. The van der Waals surface area contributed by atoms with Crippen molar-refractivity contribution >= 4 is 51.9 Å². The summed E-state index contributed by atoms with van der Waals surface area (Å²) in [6.07, 6.45) is 0. The van der Waals surface area contributed by atoms with Crippen LogP contribution in [-0.4, -0.2) is 43.2 Å².